The monoisotopic (exact) mass is 494 g/mol. The van der Waals surface area contributed by atoms with Crippen molar-refractivity contribution in [3.05, 3.63) is 53.0 Å². The number of benzene rings is 1. The second-order valence-corrected chi connectivity index (χ2v) is 9.79. The maximum Gasteiger partial charge on any atom is 0.327 e. The number of anilines is 1. The highest BCUT2D eigenvalue weighted by Gasteiger charge is 2.47. The smallest absolute Gasteiger partial charge is 0.327 e. The number of imide groups is 1. The Balaban J connectivity index is 1.43. The third kappa shape index (κ3) is 5.61. The number of rotatable bonds is 8. The molecule has 9 heteroatoms. The van der Waals surface area contributed by atoms with Gasteiger partial charge in [-0.2, -0.15) is 0 Å². The maximum atomic E-state index is 13.4. The number of amides is 5. The molecule has 9 nitrogen and oxygen atoms in total. The van der Waals surface area contributed by atoms with E-state index in [0.29, 0.717) is 18.6 Å². The van der Waals surface area contributed by atoms with E-state index >= 15 is 0 Å². The molecule has 1 aliphatic heterocycles. The van der Waals surface area contributed by atoms with E-state index in [1.807, 2.05) is 32.9 Å². The highest BCUT2D eigenvalue weighted by atomic mass is 16.3. The molecule has 0 radical (unpaired) electrons. The molecule has 4 rings (SSSR count). The molecule has 2 atom stereocenters. The Bertz CT molecular complexity index is 1120. The number of furan rings is 1. The molecular weight excluding hydrogens is 460 g/mol. The Morgan fingerprint density at radius 3 is 2.47 bits per heavy atom. The van der Waals surface area contributed by atoms with E-state index < -0.39 is 6.03 Å². The summed E-state index contributed by atoms with van der Waals surface area (Å²) in [5, 5.41) is 5.70. The normalized spacial score (nSPS) is 19.8. The molecule has 2 N–H and O–H groups in total. The molecule has 2 unspecified atom stereocenters. The summed E-state index contributed by atoms with van der Waals surface area (Å²) in [6.45, 7) is 5.96. The third-order valence-electron chi connectivity index (χ3n) is 7.05. The van der Waals surface area contributed by atoms with Crippen LogP contribution in [0.25, 0.3) is 0 Å². The minimum Gasteiger partial charge on any atom is -0.467 e. The van der Waals surface area contributed by atoms with Crippen LogP contribution in [0.4, 0.5) is 10.5 Å². The molecule has 2 aromatic rings. The molecule has 2 aliphatic rings. The van der Waals surface area contributed by atoms with Gasteiger partial charge in [0.15, 0.2) is 0 Å². The molecule has 5 amide bonds. The van der Waals surface area contributed by atoms with Crippen molar-refractivity contribution in [2.75, 3.05) is 18.4 Å². The lowest BCUT2D eigenvalue weighted by molar-refractivity contribution is -0.142. The summed E-state index contributed by atoms with van der Waals surface area (Å²) in [7, 11) is 0. The predicted octanol–water partition coefficient (Wildman–Crippen LogP) is 3.67. The average Bonchev–Trinajstić information content (AvgIpc) is 3.36. The zero-order valence-electron chi connectivity index (χ0n) is 21.1. The van der Waals surface area contributed by atoms with Crippen molar-refractivity contribution in [3.63, 3.8) is 0 Å². The second-order valence-electron chi connectivity index (χ2n) is 9.79. The molecular formula is C27H34N4O5. The predicted molar refractivity (Wildman–Crippen MR) is 134 cm³/mol. The Hall–Kier alpha value is -3.62. The lowest BCUT2D eigenvalue weighted by atomic mass is 9.81. The van der Waals surface area contributed by atoms with E-state index in [2.05, 4.69) is 10.6 Å². The first kappa shape index (κ1) is 25.5. The fourth-order valence-corrected chi connectivity index (χ4v) is 5.37. The van der Waals surface area contributed by atoms with E-state index in [4.69, 9.17) is 4.42 Å². The van der Waals surface area contributed by atoms with Gasteiger partial charge in [0, 0.05) is 24.7 Å². The van der Waals surface area contributed by atoms with Crippen molar-refractivity contribution < 1.29 is 23.6 Å². The molecule has 192 valence electrons. The first-order valence-electron chi connectivity index (χ1n) is 12.5. The van der Waals surface area contributed by atoms with Crippen molar-refractivity contribution in [3.8, 4) is 0 Å². The third-order valence-corrected chi connectivity index (χ3v) is 7.05. The van der Waals surface area contributed by atoms with Gasteiger partial charge in [-0.1, -0.05) is 30.5 Å². The first-order chi connectivity index (χ1) is 17.2. The fraction of sp³-hybridized carbons (Fsp3) is 0.481. The van der Waals surface area contributed by atoms with Crippen LogP contribution in [0.3, 0.4) is 0 Å². The van der Waals surface area contributed by atoms with E-state index in [-0.39, 0.29) is 55.7 Å². The molecule has 1 aromatic heterocycles. The zero-order chi connectivity index (χ0) is 25.8. The van der Waals surface area contributed by atoms with Crippen molar-refractivity contribution in [1.29, 1.82) is 0 Å². The second kappa shape index (κ2) is 11.0. The van der Waals surface area contributed by atoms with Crippen LogP contribution >= 0.6 is 0 Å². The number of nitrogens with zero attached hydrogens (tertiary/aromatic N) is 2. The lowest BCUT2D eigenvalue weighted by Gasteiger charge is -2.46. The van der Waals surface area contributed by atoms with Crippen LogP contribution in [0, 0.1) is 26.7 Å². The SMILES string of the molecule is Cc1cc(C)c(NC(=O)CN2C(=O)N(CCC(=O)NCc3ccco3)C(=O)C3CCCCC32)c(C)c1. The molecule has 2 fully saturated rings. The number of hydrogen-bond donors (Lipinski definition) is 2. The summed E-state index contributed by atoms with van der Waals surface area (Å²) in [6, 6.07) is 6.69. The summed E-state index contributed by atoms with van der Waals surface area (Å²) in [5.41, 5.74) is 3.77. The quantitative estimate of drug-likeness (QED) is 0.582. The average molecular weight is 495 g/mol. The number of carbonyl (C=O) groups is 4. The lowest BCUT2D eigenvalue weighted by Crippen LogP contribution is -2.63. The first-order valence-corrected chi connectivity index (χ1v) is 12.5. The molecule has 0 spiro atoms. The zero-order valence-corrected chi connectivity index (χ0v) is 21.1. The Morgan fingerprint density at radius 2 is 1.78 bits per heavy atom. The molecule has 36 heavy (non-hydrogen) atoms. The molecule has 1 aromatic carbocycles. The highest BCUT2D eigenvalue weighted by Crippen LogP contribution is 2.34. The number of carbonyl (C=O) groups excluding carboxylic acids is 4. The van der Waals surface area contributed by atoms with Crippen molar-refractivity contribution in [1.82, 2.24) is 15.1 Å². The molecule has 0 bridgehead atoms. The van der Waals surface area contributed by atoms with Gasteiger partial charge in [-0.3, -0.25) is 19.3 Å². The molecule has 1 saturated carbocycles. The minimum atomic E-state index is -0.505. The minimum absolute atomic E-state index is 0.0165. The Labute approximate surface area is 211 Å². The van der Waals surface area contributed by atoms with Crippen LogP contribution in [0.1, 0.15) is 54.6 Å². The van der Waals surface area contributed by atoms with Gasteiger partial charge in [0.2, 0.25) is 17.7 Å². The van der Waals surface area contributed by atoms with Crippen molar-refractivity contribution >= 4 is 29.4 Å². The van der Waals surface area contributed by atoms with Crippen LogP contribution < -0.4 is 10.6 Å². The number of fused-ring (bicyclic) bond motifs is 1. The van der Waals surface area contributed by atoms with Crippen molar-refractivity contribution in [2.45, 2.75) is 65.5 Å². The standard InChI is InChI=1S/C27H34N4O5/c1-17-13-18(2)25(19(3)14-17)29-24(33)16-31-22-9-5-4-8-21(22)26(34)30(27(31)35)11-10-23(32)28-15-20-7-6-12-36-20/h6-7,12-14,21-22H,4-5,8-11,15-16H2,1-3H3,(H,28,32)(H,29,33). The molecule has 2 heterocycles. The summed E-state index contributed by atoms with van der Waals surface area (Å²) in [4.78, 5) is 54.7. The van der Waals surface area contributed by atoms with Crippen LogP contribution in [0.2, 0.25) is 0 Å². The van der Waals surface area contributed by atoms with E-state index in [1.165, 1.54) is 11.2 Å². The summed E-state index contributed by atoms with van der Waals surface area (Å²) in [6.07, 6.45) is 4.68. The Morgan fingerprint density at radius 1 is 1.06 bits per heavy atom. The van der Waals surface area contributed by atoms with Gasteiger partial charge in [0.1, 0.15) is 12.3 Å². The van der Waals surface area contributed by atoms with E-state index in [1.54, 1.807) is 12.1 Å². The van der Waals surface area contributed by atoms with Gasteiger partial charge < -0.3 is 20.0 Å². The van der Waals surface area contributed by atoms with Crippen molar-refractivity contribution in [2.24, 2.45) is 5.92 Å². The summed E-state index contributed by atoms with van der Waals surface area (Å²) < 4.78 is 5.21. The highest BCUT2D eigenvalue weighted by molar-refractivity contribution is 6.02. The summed E-state index contributed by atoms with van der Waals surface area (Å²) >= 11 is 0. The van der Waals surface area contributed by atoms with Crippen LogP contribution in [-0.4, -0.2) is 52.7 Å². The number of nitrogens with one attached hydrogen (secondary N) is 2. The van der Waals surface area contributed by atoms with Gasteiger partial charge in [0.25, 0.3) is 0 Å². The van der Waals surface area contributed by atoms with Crippen LogP contribution in [0.15, 0.2) is 34.9 Å². The van der Waals surface area contributed by atoms with Gasteiger partial charge >= 0.3 is 6.03 Å². The van der Waals surface area contributed by atoms with E-state index in [0.717, 1.165) is 40.1 Å². The number of urea groups is 1. The largest absolute Gasteiger partial charge is 0.467 e. The van der Waals surface area contributed by atoms with Gasteiger partial charge in [0.05, 0.1) is 18.7 Å². The van der Waals surface area contributed by atoms with Gasteiger partial charge in [-0.15, -0.1) is 0 Å². The number of aryl methyl sites for hydroxylation is 3. The maximum absolute atomic E-state index is 13.4. The van der Waals surface area contributed by atoms with E-state index in [9.17, 15) is 19.2 Å². The Kier molecular flexibility index (Phi) is 7.76. The summed E-state index contributed by atoms with van der Waals surface area (Å²) in [5.74, 6) is -0.556. The number of hydrogen-bond acceptors (Lipinski definition) is 5. The van der Waals surface area contributed by atoms with Gasteiger partial charge in [-0.25, -0.2) is 4.79 Å². The van der Waals surface area contributed by atoms with Crippen LogP contribution in [-0.2, 0) is 20.9 Å². The van der Waals surface area contributed by atoms with Gasteiger partial charge in [-0.05, 0) is 56.9 Å². The fourth-order valence-electron chi connectivity index (χ4n) is 5.37. The molecule has 1 aliphatic carbocycles. The molecule has 1 saturated heterocycles. The van der Waals surface area contributed by atoms with Crippen LogP contribution in [0.5, 0.6) is 0 Å². The topological polar surface area (TPSA) is 112 Å².